The van der Waals surface area contributed by atoms with Crippen molar-refractivity contribution in [2.24, 2.45) is 0 Å². The molecular weight excluding hydrogens is 370 g/mol. The molecule has 2 rings (SSSR count). The Morgan fingerprint density at radius 2 is 1.85 bits per heavy atom. The molecule has 27 heavy (non-hydrogen) atoms. The molecule has 8 nitrogen and oxygen atoms in total. The van der Waals surface area contributed by atoms with Crippen molar-refractivity contribution in [3.8, 4) is 5.75 Å². The van der Waals surface area contributed by atoms with Gasteiger partial charge in [-0.2, -0.15) is 0 Å². The van der Waals surface area contributed by atoms with Crippen molar-refractivity contribution in [1.29, 1.82) is 0 Å². The summed E-state index contributed by atoms with van der Waals surface area (Å²) in [5.41, 5.74) is 0.483. The highest BCUT2D eigenvalue weighted by Crippen LogP contribution is 2.25. The second-order valence-electron chi connectivity index (χ2n) is 5.65. The fourth-order valence-electron chi connectivity index (χ4n) is 2.39. The Labute approximate surface area is 159 Å². The van der Waals surface area contributed by atoms with E-state index < -0.39 is 15.9 Å². The van der Waals surface area contributed by atoms with Crippen LogP contribution in [0.3, 0.4) is 0 Å². The lowest BCUT2D eigenvalue weighted by molar-refractivity contribution is 0.0991. The van der Waals surface area contributed by atoms with Crippen LogP contribution >= 0.6 is 0 Å². The lowest BCUT2D eigenvalue weighted by Crippen LogP contribution is -2.28. The van der Waals surface area contributed by atoms with E-state index in [-0.39, 0.29) is 10.9 Å². The Morgan fingerprint density at radius 1 is 1.15 bits per heavy atom. The molecule has 0 atom stereocenters. The summed E-state index contributed by atoms with van der Waals surface area (Å²) in [6, 6.07) is 9.59. The van der Waals surface area contributed by atoms with Crippen LogP contribution in [0, 0.1) is 0 Å². The summed E-state index contributed by atoms with van der Waals surface area (Å²) in [4.78, 5) is 14.6. The second kappa shape index (κ2) is 9.54. The van der Waals surface area contributed by atoms with Crippen molar-refractivity contribution in [3.05, 3.63) is 42.2 Å². The van der Waals surface area contributed by atoms with Gasteiger partial charge in [-0.25, -0.2) is 13.1 Å². The van der Waals surface area contributed by atoms with Gasteiger partial charge in [-0.3, -0.25) is 4.79 Å². The number of hydrogen-bond acceptors (Lipinski definition) is 6. The third-order valence-corrected chi connectivity index (χ3v) is 5.32. The average Bonchev–Trinajstić information content (AvgIpc) is 3.18. The zero-order valence-corrected chi connectivity index (χ0v) is 16.5. The molecule has 1 aromatic heterocycles. The van der Waals surface area contributed by atoms with Crippen molar-refractivity contribution < 1.29 is 22.4 Å². The fourth-order valence-corrected chi connectivity index (χ4v) is 3.04. The molecule has 2 aromatic rings. The lowest BCUT2D eigenvalue weighted by atomic mass is 10.3. The summed E-state index contributed by atoms with van der Waals surface area (Å²) in [7, 11) is -2.48. The maximum absolute atomic E-state index is 12.4. The van der Waals surface area contributed by atoms with Crippen molar-refractivity contribution in [2.45, 2.75) is 18.9 Å². The van der Waals surface area contributed by atoms with E-state index in [0.717, 1.165) is 19.6 Å². The van der Waals surface area contributed by atoms with Crippen molar-refractivity contribution in [2.75, 3.05) is 38.6 Å². The van der Waals surface area contributed by atoms with Gasteiger partial charge >= 0.3 is 0 Å². The van der Waals surface area contributed by atoms with Gasteiger partial charge in [0.25, 0.3) is 15.9 Å². The summed E-state index contributed by atoms with van der Waals surface area (Å²) in [6.07, 6.45) is 0. The summed E-state index contributed by atoms with van der Waals surface area (Å²) >= 11 is 0. The van der Waals surface area contributed by atoms with Crippen LogP contribution in [0.1, 0.15) is 24.4 Å². The number of likely N-dealkylation sites (N-methyl/N-ethyl adjacent to an activating group) is 1. The summed E-state index contributed by atoms with van der Waals surface area (Å²) in [5.74, 6) is -0.137. The van der Waals surface area contributed by atoms with Crippen LogP contribution in [0.15, 0.2) is 45.9 Å². The number of rotatable bonds is 10. The first-order valence-corrected chi connectivity index (χ1v) is 10.2. The molecule has 0 aliphatic carbocycles. The quantitative estimate of drug-likeness (QED) is 0.639. The molecular formula is C18H25N3O5S. The summed E-state index contributed by atoms with van der Waals surface area (Å²) in [5, 5.41) is 2.37. The molecule has 1 amide bonds. The van der Waals surface area contributed by atoms with Gasteiger partial charge in [0.15, 0.2) is 5.76 Å². The van der Waals surface area contributed by atoms with Crippen LogP contribution in [0.25, 0.3) is 0 Å². The number of sulfonamides is 1. The molecule has 0 aliphatic heterocycles. The number of furan rings is 1. The minimum atomic E-state index is -3.74. The summed E-state index contributed by atoms with van der Waals surface area (Å²) in [6.45, 7) is 7.31. The standard InChI is InChI=1S/C18H25N3O5S/c1-4-21(5-2)12-13-25-15-9-7-6-8-14(15)20-18(22)16-10-11-17(26-16)27(23,24)19-3/h6-11,19H,4-5,12-13H2,1-3H3,(H,20,22). The maximum atomic E-state index is 12.4. The number of nitrogens with one attached hydrogen (secondary N) is 2. The number of benzene rings is 1. The number of nitrogens with zero attached hydrogens (tertiary/aromatic N) is 1. The van der Waals surface area contributed by atoms with E-state index in [1.54, 1.807) is 18.2 Å². The first kappa shape index (κ1) is 20.9. The highest BCUT2D eigenvalue weighted by Gasteiger charge is 2.20. The van der Waals surface area contributed by atoms with Gasteiger partial charge in [0.2, 0.25) is 5.09 Å². The van der Waals surface area contributed by atoms with E-state index in [1.807, 2.05) is 6.07 Å². The van der Waals surface area contributed by atoms with Gasteiger partial charge in [0.1, 0.15) is 12.4 Å². The van der Waals surface area contributed by atoms with Crippen LogP contribution in [0.4, 0.5) is 5.69 Å². The van der Waals surface area contributed by atoms with E-state index >= 15 is 0 Å². The third-order valence-electron chi connectivity index (χ3n) is 4.03. The molecule has 1 heterocycles. The normalized spacial score (nSPS) is 11.6. The molecule has 0 aliphatic rings. The second-order valence-corrected chi connectivity index (χ2v) is 7.47. The molecule has 0 fully saturated rings. The first-order chi connectivity index (χ1) is 12.9. The largest absolute Gasteiger partial charge is 0.490 e. The molecule has 1 aromatic carbocycles. The lowest BCUT2D eigenvalue weighted by Gasteiger charge is -2.19. The first-order valence-electron chi connectivity index (χ1n) is 8.70. The number of ether oxygens (including phenoxy) is 1. The zero-order valence-electron chi connectivity index (χ0n) is 15.7. The molecule has 0 spiro atoms. The van der Waals surface area contributed by atoms with Gasteiger partial charge in [-0.05, 0) is 44.4 Å². The number of carbonyl (C=O) groups is 1. The smallest absolute Gasteiger partial charge is 0.291 e. The topological polar surface area (TPSA) is 101 Å². The highest BCUT2D eigenvalue weighted by molar-refractivity contribution is 7.89. The number of hydrogen-bond donors (Lipinski definition) is 2. The van der Waals surface area contributed by atoms with E-state index in [9.17, 15) is 13.2 Å². The van der Waals surface area contributed by atoms with Crippen LogP contribution < -0.4 is 14.8 Å². The van der Waals surface area contributed by atoms with Crippen LogP contribution in [-0.2, 0) is 10.0 Å². The molecule has 0 unspecified atom stereocenters. The van der Waals surface area contributed by atoms with Gasteiger partial charge in [0, 0.05) is 6.54 Å². The molecule has 148 valence electrons. The molecule has 0 radical (unpaired) electrons. The van der Waals surface area contributed by atoms with Gasteiger partial charge in [-0.15, -0.1) is 0 Å². The van der Waals surface area contributed by atoms with Gasteiger partial charge in [-0.1, -0.05) is 26.0 Å². The minimum absolute atomic E-state index is 0.109. The van der Waals surface area contributed by atoms with Crippen LogP contribution in [0.5, 0.6) is 5.75 Å². The number of anilines is 1. The number of carbonyl (C=O) groups excluding carboxylic acids is 1. The zero-order chi connectivity index (χ0) is 19.9. The average molecular weight is 395 g/mol. The predicted molar refractivity (Wildman–Crippen MR) is 103 cm³/mol. The molecule has 2 N–H and O–H groups in total. The Morgan fingerprint density at radius 3 is 2.52 bits per heavy atom. The molecule has 9 heteroatoms. The van der Waals surface area contributed by atoms with Gasteiger partial charge < -0.3 is 19.4 Å². The minimum Gasteiger partial charge on any atom is -0.490 e. The van der Waals surface area contributed by atoms with Crippen molar-refractivity contribution >= 4 is 21.6 Å². The Bertz CT molecular complexity index is 859. The monoisotopic (exact) mass is 395 g/mol. The Hall–Kier alpha value is -2.36. The number of amides is 1. The highest BCUT2D eigenvalue weighted by atomic mass is 32.2. The third kappa shape index (κ3) is 5.56. The predicted octanol–water partition coefficient (Wildman–Crippen LogP) is 2.16. The van der Waals surface area contributed by atoms with Crippen LogP contribution in [0.2, 0.25) is 0 Å². The molecule has 0 saturated carbocycles. The Kier molecular flexibility index (Phi) is 7.40. The van der Waals surface area contributed by atoms with Crippen molar-refractivity contribution in [1.82, 2.24) is 9.62 Å². The van der Waals surface area contributed by atoms with Crippen molar-refractivity contribution in [3.63, 3.8) is 0 Å². The van der Waals surface area contributed by atoms with E-state index in [4.69, 9.17) is 9.15 Å². The van der Waals surface area contributed by atoms with Gasteiger partial charge in [0.05, 0.1) is 5.69 Å². The SMILES string of the molecule is CCN(CC)CCOc1ccccc1NC(=O)c1ccc(S(=O)(=O)NC)o1. The van der Waals surface area contributed by atoms with E-state index in [2.05, 4.69) is 28.8 Å². The Balaban J connectivity index is 2.06. The number of para-hydroxylation sites is 2. The maximum Gasteiger partial charge on any atom is 0.291 e. The molecule has 0 saturated heterocycles. The molecule has 0 bridgehead atoms. The van der Waals surface area contributed by atoms with Crippen LogP contribution in [-0.4, -0.2) is 52.5 Å². The van der Waals surface area contributed by atoms with E-state index in [0.29, 0.717) is 18.0 Å². The van der Waals surface area contributed by atoms with E-state index in [1.165, 1.54) is 19.2 Å². The summed E-state index contributed by atoms with van der Waals surface area (Å²) < 4.78 is 36.5. The fraction of sp³-hybridized carbons (Fsp3) is 0.389.